The van der Waals surface area contributed by atoms with Crippen molar-refractivity contribution in [1.82, 2.24) is 0 Å². The lowest BCUT2D eigenvalue weighted by atomic mass is 10.1. The van der Waals surface area contributed by atoms with Crippen LogP contribution in [0.15, 0.2) is 12.1 Å². The SMILES string of the molecule is CCOCOc1cc(OCOCC)c(C(=O)O)c(C)c1Cl.CCOCOc1cc(OCOCC)c(C(=O)OCC[Si](C)(C)C)c(C)c1Cl.C[Si](C)(C)CCO. The first-order valence-electron chi connectivity index (χ1n) is 18.3. The van der Waals surface area contributed by atoms with Crippen molar-refractivity contribution in [2.75, 3.05) is 66.8 Å². The average molecular weight is 856 g/mol. The number of hydrogen-bond donors (Lipinski definition) is 2. The van der Waals surface area contributed by atoms with Crippen LogP contribution >= 0.6 is 23.2 Å². The summed E-state index contributed by atoms with van der Waals surface area (Å²) in [6.45, 7) is 26.9. The highest BCUT2D eigenvalue weighted by Gasteiger charge is 2.25. The Morgan fingerprint density at radius 2 is 0.945 bits per heavy atom. The van der Waals surface area contributed by atoms with Gasteiger partial charge in [0.1, 0.15) is 34.1 Å². The number of aliphatic hydroxyl groups excluding tert-OH is 1. The molecule has 0 spiro atoms. The molecule has 0 amide bonds. The summed E-state index contributed by atoms with van der Waals surface area (Å²) in [6, 6.07) is 4.92. The van der Waals surface area contributed by atoms with Gasteiger partial charge in [-0.05, 0) is 64.8 Å². The maximum Gasteiger partial charge on any atom is 0.342 e. The highest BCUT2D eigenvalue weighted by atomic mass is 35.5. The van der Waals surface area contributed by atoms with Crippen molar-refractivity contribution in [2.24, 2.45) is 0 Å². The molecule has 0 atom stereocenters. The average Bonchev–Trinajstić information content (AvgIpc) is 3.08. The van der Waals surface area contributed by atoms with Gasteiger partial charge in [-0.1, -0.05) is 62.5 Å². The molecule has 2 aromatic carbocycles. The van der Waals surface area contributed by atoms with E-state index in [9.17, 15) is 14.7 Å². The lowest BCUT2D eigenvalue weighted by molar-refractivity contribution is 0.0167. The summed E-state index contributed by atoms with van der Waals surface area (Å²) < 4.78 is 48.0. The van der Waals surface area contributed by atoms with Crippen molar-refractivity contribution in [1.29, 1.82) is 0 Å². The van der Waals surface area contributed by atoms with Gasteiger partial charge in [0.05, 0.1) is 16.7 Å². The number of halogens is 2. The summed E-state index contributed by atoms with van der Waals surface area (Å²) in [4.78, 5) is 24.0. The molecule has 0 saturated carbocycles. The summed E-state index contributed by atoms with van der Waals surface area (Å²) in [6.07, 6.45) is 0. The fourth-order valence-electron chi connectivity index (χ4n) is 4.04. The van der Waals surface area contributed by atoms with Gasteiger partial charge in [-0.15, -0.1) is 0 Å². The first-order chi connectivity index (χ1) is 25.8. The topological polar surface area (TPSA) is 158 Å². The van der Waals surface area contributed by atoms with E-state index in [-0.39, 0.29) is 43.5 Å². The second-order valence-corrected chi connectivity index (χ2v) is 26.2. The lowest BCUT2D eigenvalue weighted by Crippen LogP contribution is -2.23. The summed E-state index contributed by atoms with van der Waals surface area (Å²) in [5.74, 6) is -0.446. The van der Waals surface area contributed by atoms with Crippen LogP contribution in [0.2, 0.25) is 61.4 Å². The third-order valence-corrected chi connectivity index (χ3v) is 11.6. The maximum absolute atomic E-state index is 12.7. The molecule has 13 nitrogen and oxygen atoms in total. The van der Waals surface area contributed by atoms with Crippen LogP contribution < -0.4 is 18.9 Å². The molecule has 0 radical (unpaired) electrons. The number of aromatic carboxylic acids is 1. The van der Waals surface area contributed by atoms with E-state index in [2.05, 4.69) is 39.3 Å². The van der Waals surface area contributed by atoms with Crippen LogP contribution in [0, 0.1) is 13.8 Å². The summed E-state index contributed by atoms with van der Waals surface area (Å²) in [5.41, 5.74) is 1.18. The standard InChI is InChI=1S/C19H31ClO6Si.C14H19ClO6.C5H14OSi/c1-7-22-12-25-15-11-16(26-13-23-8-2)18(20)14(3)17(15)19(21)24-9-10-27(4,5)6;1-4-18-7-20-10-6-11(21-8-19-5-2)13(15)9(3)12(10)14(16)17;1-7(2,3)5-4-6/h11H,7-10,12-13H2,1-6H3;6H,4-5,7-8H2,1-3H3,(H,16,17);6H,4-5H2,1-3H3. The molecular formula is C38H64Cl2O13Si2. The van der Waals surface area contributed by atoms with E-state index in [0.717, 1.165) is 12.1 Å². The van der Waals surface area contributed by atoms with Crippen LogP contribution in [0.3, 0.4) is 0 Å². The Morgan fingerprint density at radius 1 is 0.600 bits per heavy atom. The fourth-order valence-corrected chi connectivity index (χ4v) is 5.83. The van der Waals surface area contributed by atoms with E-state index in [0.29, 0.717) is 78.6 Å². The van der Waals surface area contributed by atoms with Crippen molar-refractivity contribution in [3.63, 3.8) is 0 Å². The van der Waals surface area contributed by atoms with Crippen molar-refractivity contribution in [3.05, 3.63) is 44.4 Å². The molecule has 0 heterocycles. The number of ether oxygens (including phenoxy) is 9. The minimum Gasteiger partial charge on any atom is -0.478 e. The normalized spacial score (nSPS) is 11.1. The number of rotatable bonds is 23. The molecule has 0 saturated heterocycles. The molecule has 2 rings (SSSR count). The van der Waals surface area contributed by atoms with E-state index in [1.54, 1.807) is 19.9 Å². The molecule has 2 aromatic rings. The van der Waals surface area contributed by atoms with E-state index < -0.39 is 28.1 Å². The molecule has 55 heavy (non-hydrogen) atoms. The highest BCUT2D eigenvalue weighted by molar-refractivity contribution is 6.76. The molecule has 0 fully saturated rings. The van der Waals surface area contributed by atoms with Crippen molar-refractivity contribution in [2.45, 2.75) is 92.9 Å². The molecule has 17 heteroatoms. The van der Waals surface area contributed by atoms with Gasteiger partial charge in [0, 0.05) is 61.3 Å². The Hall–Kier alpha value is -2.61. The predicted molar refractivity (Wildman–Crippen MR) is 221 cm³/mol. The minimum absolute atomic E-state index is 0.0107. The van der Waals surface area contributed by atoms with E-state index in [1.807, 2.05) is 27.7 Å². The van der Waals surface area contributed by atoms with Crippen LogP contribution in [0.25, 0.3) is 0 Å². The van der Waals surface area contributed by atoms with Gasteiger partial charge in [-0.3, -0.25) is 0 Å². The Labute approximate surface area is 339 Å². The van der Waals surface area contributed by atoms with Gasteiger partial charge in [0.2, 0.25) is 0 Å². The van der Waals surface area contributed by atoms with Gasteiger partial charge in [-0.25, -0.2) is 9.59 Å². The molecule has 0 unspecified atom stereocenters. The molecule has 316 valence electrons. The van der Waals surface area contributed by atoms with Gasteiger partial charge in [-0.2, -0.15) is 0 Å². The summed E-state index contributed by atoms with van der Waals surface area (Å²) in [5, 5.41) is 18.3. The number of esters is 1. The van der Waals surface area contributed by atoms with Gasteiger partial charge < -0.3 is 52.8 Å². The molecule has 0 aliphatic carbocycles. The molecule has 2 N–H and O–H groups in total. The first kappa shape index (κ1) is 52.4. The quantitative estimate of drug-likeness (QED) is 0.0472. The van der Waals surface area contributed by atoms with Crippen molar-refractivity contribution < 1.29 is 62.4 Å². The number of carboxylic acid groups (broad SMARTS) is 1. The zero-order chi connectivity index (χ0) is 42.2. The van der Waals surface area contributed by atoms with E-state index >= 15 is 0 Å². The number of carbonyl (C=O) groups is 2. The van der Waals surface area contributed by atoms with E-state index in [1.165, 1.54) is 6.07 Å². The fraction of sp³-hybridized carbons (Fsp3) is 0.632. The number of carbonyl (C=O) groups excluding carboxylic acids is 1. The largest absolute Gasteiger partial charge is 0.478 e. The zero-order valence-electron chi connectivity index (χ0n) is 34.8. The second kappa shape index (κ2) is 27.9. The third-order valence-electron chi connectivity index (χ3n) is 7.23. The Balaban J connectivity index is 0.000000922. The lowest BCUT2D eigenvalue weighted by Gasteiger charge is -2.19. The van der Waals surface area contributed by atoms with Crippen molar-refractivity contribution in [3.8, 4) is 23.0 Å². The van der Waals surface area contributed by atoms with Crippen LogP contribution in [0.5, 0.6) is 23.0 Å². The third kappa shape index (κ3) is 21.5. The number of aliphatic hydroxyl groups is 1. The van der Waals surface area contributed by atoms with Gasteiger partial charge in [0.25, 0.3) is 0 Å². The highest BCUT2D eigenvalue weighted by Crippen LogP contribution is 2.38. The Morgan fingerprint density at radius 3 is 1.25 bits per heavy atom. The van der Waals surface area contributed by atoms with Crippen LogP contribution in [0.4, 0.5) is 0 Å². The second-order valence-electron chi connectivity index (χ2n) is 14.2. The van der Waals surface area contributed by atoms with Crippen LogP contribution in [0.1, 0.15) is 59.5 Å². The smallest absolute Gasteiger partial charge is 0.342 e. The molecular weight excluding hydrogens is 791 g/mol. The number of carboxylic acids is 1. The van der Waals surface area contributed by atoms with Crippen LogP contribution in [-0.4, -0.2) is 105 Å². The number of hydrogen-bond acceptors (Lipinski definition) is 12. The molecule has 0 aromatic heterocycles. The monoisotopic (exact) mass is 854 g/mol. The molecule has 0 aliphatic heterocycles. The van der Waals surface area contributed by atoms with Crippen molar-refractivity contribution >= 4 is 51.3 Å². The minimum atomic E-state index is -1.31. The van der Waals surface area contributed by atoms with Gasteiger partial charge >= 0.3 is 11.9 Å². The summed E-state index contributed by atoms with van der Waals surface area (Å²) >= 11 is 12.5. The Bertz CT molecular complexity index is 1430. The molecule has 0 aliphatic rings. The van der Waals surface area contributed by atoms with Crippen LogP contribution in [-0.2, 0) is 23.7 Å². The number of benzene rings is 2. The molecule has 0 bridgehead atoms. The maximum atomic E-state index is 12.7. The van der Waals surface area contributed by atoms with Gasteiger partial charge in [0.15, 0.2) is 27.2 Å². The Kier molecular flexibility index (Phi) is 26.6. The zero-order valence-corrected chi connectivity index (χ0v) is 38.3. The predicted octanol–water partition coefficient (Wildman–Crippen LogP) is 9.30. The first-order valence-corrected chi connectivity index (χ1v) is 26.5. The summed E-state index contributed by atoms with van der Waals surface area (Å²) in [7, 11) is -2.21. The van der Waals surface area contributed by atoms with E-state index in [4.69, 9.17) is 70.9 Å².